The Kier molecular flexibility index (Phi) is 7.26. The van der Waals surface area contributed by atoms with Crippen LogP contribution in [-0.4, -0.2) is 31.7 Å². The third kappa shape index (κ3) is 5.46. The molecule has 1 heterocycles. The van der Waals surface area contributed by atoms with Gasteiger partial charge in [-0.2, -0.15) is 4.31 Å². The van der Waals surface area contributed by atoms with Crippen molar-refractivity contribution in [3.8, 4) is 0 Å². The summed E-state index contributed by atoms with van der Waals surface area (Å²) in [6.07, 6.45) is 2.06. The monoisotopic (exact) mass is 432 g/mol. The van der Waals surface area contributed by atoms with Crippen molar-refractivity contribution in [3.05, 3.63) is 66.0 Å². The molecule has 0 aliphatic carbocycles. The van der Waals surface area contributed by atoms with E-state index in [2.05, 4.69) is 19.2 Å². The lowest BCUT2D eigenvalue weighted by Crippen LogP contribution is -2.46. The van der Waals surface area contributed by atoms with Crippen molar-refractivity contribution in [2.24, 2.45) is 11.8 Å². The Balaban J connectivity index is 1.72. The van der Waals surface area contributed by atoms with E-state index in [1.165, 1.54) is 16.4 Å². The lowest BCUT2D eigenvalue weighted by Gasteiger charge is -2.32. The Labute approximate surface area is 178 Å². The van der Waals surface area contributed by atoms with Crippen LogP contribution in [-0.2, 0) is 14.8 Å². The molecular weight excluding hydrogens is 403 g/mol. The molecule has 1 aliphatic heterocycles. The standard InChI is InChI=1S/C23H29FN2O3S/c1-17(2)15-22(18-7-4-3-5-8-18)25-23(27)19-9-6-14-26(16-19)30(28,29)21-12-10-20(24)11-13-21/h3-5,7-8,10-13,17,19,22H,6,9,14-16H2,1-2H3,(H,25,27)/t19-,22+/m0/s1. The molecule has 0 saturated carbocycles. The molecule has 2 aromatic carbocycles. The van der Waals surface area contributed by atoms with E-state index in [1.54, 1.807) is 0 Å². The topological polar surface area (TPSA) is 66.5 Å². The van der Waals surface area contributed by atoms with Crippen LogP contribution in [0.25, 0.3) is 0 Å². The van der Waals surface area contributed by atoms with Gasteiger partial charge in [-0.1, -0.05) is 44.2 Å². The summed E-state index contributed by atoms with van der Waals surface area (Å²) < 4.78 is 40.4. The maximum atomic E-state index is 13.2. The van der Waals surface area contributed by atoms with Gasteiger partial charge in [0.15, 0.2) is 0 Å². The highest BCUT2D eigenvalue weighted by atomic mass is 32.2. The molecule has 1 saturated heterocycles. The fourth-order valence-electron chi connectivity index (χ4n) is 3.86. The normalized spacial score (nSPS) is 18.9. The second-order valence-corrected chi connectivity index (χ2v) is 10.2. The summed E-state index contributed by atoms with van der Waals surface area (Å²) in [5, 5.41) is 3.14. The van der Waals surface area contributed by atoms with Crippen LogP contribution in [0.4, 0.5) is 4.39 Å². The number of hydrogen-bond acceptors (Lipinski definition) is 3. The van der Waals surface area contributed by atoms with Crippen molar-refractivity contribution in [1.82, 2.24) is 9.62 Å². The zero-order valence-corrected chi connectivity index (χ0v) is 18.2. The third-order valence-corrected chi connectivity index (χ3v) is 7.31. The molecule has 162 valence electrons. The van der Waals surface area contributed by atoms with Crippen LogP contribution < -0.4 is 5.32 Å². The maximum absolute atomic E-state index is 13.2. The maximum Gasteiger partial charge on any atom is 0.243 e. The SMILES string of the molecule is CC(C)C[C@@H](NC(=O)[C@H]1CCCN(S(=O)(=O)c2ccc(F)cc2)C1)c1ccccc1. The van der Waals surface area contributed by atoms with Crippen LogP contribution in [0.15, 0.2) is 59.5 Å². The number of rotatable bonds is 7. The van der Waals surface area contributed by atoms with Gasteiger partial charge in [-0.05, 0) is 55.0 Å². The lowest BCUT2D eigenvalue weighted by atomic mass is 9.94. The highest BCUT2D eigenvalue weighted by Crippen LogP contribution is 2.26. The molecule has 7 heteroatoms. The van der Waals surface area contributed by atoms with Crippen LogP contribution in [0.2, 0.25) is 0 Å². The van der Waals surface area contributed by atoms with Crippen LogP contribution in [0.5, 0.6) is 0 Å². The smallest absolute Gasteiger partial charge is 0.243 e. The van der Waals surface area contributed by atoms with E-state index in [0.29, 0.717) is 25.3 Å². The molecule has 1 amide bonds. The number of nitrogens with one attached hydrogen (secondary N) is 1. The number of sulfonamides is 1. The first kappa shape index (κ1) is 22.4. The van der Waals surface area contributed by atoms with Crippen molar-refractivity contribution in [2.75, 3.05) is 13.1 Å². The predicted molar refractivity (Wildman–Crippen MR) is 115 cm³/mol. The number of carbonyl (C=O) groups is 1. The minimum Gasteiger partial charge on any atom is -0.349 e. The molecule has 30 heavy (non-hydrogen) atoms. The van der Waals surface area contributed by atoms with Gasteiger partial charge < -0.3 is 5.32 Å². The number of nitrogens with zero attached hydrogens (tertiary/aromatic N) is 1. The van der Waals surface area contributed by atoms with Gasteiger partial charge in [-0.25, -0.2) is 12.8 Å². The summed E-state index contributed by atoms with van der Waals surface area (Å²) in [5.74, 6) is -0.616. The summed E-state index contributed by atoms with van der Waals surface area (Å²) in [6.45, 7) is 4.71. The Morgan fingerprint density at radius 2 is 1.80 bits per heavy atom. The van der Waals surface area contributed by atoms with Crippen molar-refractivity contribution in [3.63, 3.8) is 0 Å². The second kappa shape index (κ2) is 9.71. The van der Waals surface area contributed by atoms with Crippen LogP contribution >= 0.6 is 0 Å². The molecular formula is C23H29FN2O3S. The summed E-state index contributed by atoms with van der Waals surface area (Å²) in [4.78, 5) is 13.1. The molecule has 5 nitrogen and oxygen atoms in total. The van der Waals surface area contributed by atoms with E-state index in [9.17, 15) is 17.6 Å². The first-order chi connectivity index (χ1) is 14.3. The summed E-state index contributed by atoms with van der Waals surface area (Å²) in [5.41, 5.74) is 1.05. The number of hydrogen-bond donors (Lipinski definition) is 1. The van der Waals surface area contributed by atoms with Gasteiger partial charge >= 0.3 is 0 Å². The highest BCUT2D eigenvalue weighted by Gasteiger charge is 2.34. The Bertz CT molecular complexity index is 946. The van der Waals surface area contributed by atoms with Crippen molar-refractivity contribution in [2.45, 2.75) is 44.0 Å². The fraction of sp³-hybridized carbons (Fsp3) is 0.435. The second-order valence-electron chi connectivity index (χ2n) is 8.26. The van der Waals surface area contributed by atoms with Gasteiger partial charge in [-0.3, -0.25) is 4.79 Å². The van der Waals surface area contributed by atoms with E-state index >= 15 is 0 Å². The number of carbonyl (C=O) groups excluding carboxylic acids is 1. The average Bonchev–Trinajstić information content (AvgIpc) is 2.74. The summed E-state index contributed by atoms with van der Waals surface area (Å²) in [7, 11) is -3.76. The van der Waals surface area contributed by atoms with Gasteiger partial charge in [0.1, 0.15) is 5.82 Å². The minimum absolute atomic E-state index is 0.0481. The van der Waals surface area contributed by atoms with Crippen LogP contribution in [0.3, 0.4) is 0 Å². The zero-order chi connectivity index (χ0) is 21.7. The third-order valence-electron chi connectivity index (χ3n) is 5.43. The van der Waals surface area contributed by atoms with Gasteiger partial charge in [0.2, 0.25) is 15.9 Å². The largest absolute Gasteiger partial charge is 0.349 e. The minimum atomic E-state index is -3.76. The van der Waals surface area contributed by atoms with Crippen LogP contribution in [0.1, 0.15) is 44.7 Å². The number of piperidine rings is 1. The van der Waals surface area contributed by atoms with Crippen LogP contribution in [0, 0.1) is 17.7 Å². The van der Waals surface area contributed by atoms with Gasteiger partial charge in [0, 0.05) is 13.1 Å². The van der Waals surface area contributed by atoms with E-state index < -0.39 is 21.8 Å². The van der Waals surface area contributed by atoms with Crippen molar-refractivity contribution in [1.29, 1.82) is 0 Å². The van der Waals surface area contributed by atoms with E-state index in [4.69, 9.17) is 0 Å². The Hall–Kier alpha value is -2.25. The summed E-state index contributed by atoms with van der Waals surface area (Å²) in [6, 6.07) is 14.5. The predicted octanol–water partition coefficient (Wildman–Crippen LogP) is 4.13. The zero-order valence-electron chi connectivity index (χ0n) is 17.4. The molecule has 1 fully saturated rings. The first-order valence-corrected chi connectivity index (χ1v) is 11.8. The highest BCUT2D eigenvalue weighted by molar-refractivity contribution is 7.89. The Morgan fingerprint density at radius 3 is 2.43 bits per heavy atom. The van der Waals surface area contributed by atoms with Gasteiger partial charge in [0.25, 0.3) is 0 Å². The van der Waals surface area contributed by atoms with E-state index in [1.807, 2.05) is 30.3 Å². The molecule has 2 atom stereocenters. The number of amides is 1. The molecule has 1 aliphatic rings. The van der Waals surface area contributed by atoms with E-state index in [0.717, 1.165) is 24.1 Å². The number of benzene rings is 2. The molecule has 0 unspecified atom stereocenters. The fourth-order valence-corrected chi connectivity index (χ4v) is 5.38. The van der Waals surface area contributed by atoms with Crippen molar-refractivity contribution >= 4 is 15.9 Å². The molecule has 3 rings (SSSR count). The number of halogens is 1. The Morgan fingerprint density at radius 1 is 1.13 bits per heavy atom. The molecule has 0 spiro atoms. The molecule has 0 aromatic heterocycles. The molecule has 0 bridgehead atoms. The van der Waals surface area contributed by atoms with Gasteiger partial charge in [-0.15, -0.1) is 0 Å². The first-order valence-electron chi connectivity index (χ1n) is 10.4. The molecule has 2 aromatic rings. The average molecular weight is 433 g/mol. The van der Waals surface area contributed by atoms with Crippen molar-refractivity contribution < 1.29 is 17.6 Å². The van der Waals surface area contributed by atoms with E-state index in [-0.39, 0.29) is 23.4 Å². The molecule has 1 N–H and O–H groups in total. The quantitative estimate of drug-likeness (QED) is 0.715. The van der Waals surface area contributed by atoms with Gasteiger partial charge in [0.05, 0.1) is 16.9 Å². The summed E-state index contributed by atoms with van der Waals surface area (Å²) >= 11 is 0. The molecule has 0 radical (unpaired) electrons. The lowest BCUT2D eigenvalue weighted by molar-refractivity contribution is -0.127.